The lowest BCUT2D eigenvalue weighted by Gasteiger charge is -2.06. The molecule has 72 valence electrons. The molecule has 0 aliphatic rings. The number of hydrogen-bond donors (Lipinski definition) is 2. The van der Waals surface area contributed by atoms with Gasteiger partial charge in [0.05, 0.1) is 6.54 Å². The molecule has 0 aromatic rings. The molecule has 12 heavy (non-hydrogen) atoms. The van der Waals surface area contributed by atoms with Gasteiger partial charge in [0.1, 0.15) is 5.92 Å². The van der Waals surface area contributed by atoms with Gasteiger partial charge < -0.3 is 10.8 Å². The van der Waals surface area contributed by atoms with Crippen LogP contribution in [0.2, 0.25) is 0 Å². The number of quaternary nitrogens is 1. The molecule has 0 aromatic carbocycles. The summed E-state index contributed by atoms with van der Waals surface area (Å²) in [5.41, 5.74) is 3.63. The van der Waals surface area contributed by atoms with Gasteiger partial charge in [0.15, 0.2) is 0 Å². The smallest absolute Gasteiger partial charge is 0.312 e. The lowest BCUT2D eigenvalue weighted by atomic mass is 10.0. The van der Waals surface area contributed by atoms with Crippen LogP contribution in [0.25, 0.3) is 0 Å². The Morgan fingerprint density at radius 3 is 2.50 bits per heavy atom. The first-order chi connectivity index (χ1) is 5.72. The molecule has 0 rings (SSSR count). The molecule has 0 aliphatic heterocycles. The van der Waals surface area contributed by atoms with Gasteiger partial charge >= 0.3 is 5.97 Å². The van der Waals surface area contributed by atoms with Crippen LogP contribution in [0.4, 0.5) is 0 Å². The Balaban J connectivity index is 3.38. The van der Waals surface area contributed by atoms with Crippen LogP contribution in [0, 0.1) is 5.92 Å². The molecule has 0 radical (unpaired) electrons. The zero-order valence-electron chi connectivity index (χ0n) is 7.88. The summed E-state index contributed by atoms with van der Waals surface area (Å²) in [5, 5.41) is 8.69. The van der Waals surface area contributed by atoms with E-state index in [9.17, 15) is 4.79 Å². The van der Waals surface area contributed by atoms with Crippen LogP contribution in [0.15, 0.2) is 0 Å². The summed E-state index contributed by atoms with van der Waals surface area (Å²) in [6.45, 7) is 2.66. The first kappa shape index (κ1) is 11.4. The second kappa shape index (κ2) is 7.10. The van der Waals surface area contributed by atoms with Crippen molar-refractivity contribution in [1.29, 1.82) is 0 Å². The average Bonchev–Trinajstić information content (AvgIpc) is 2.04. The van der Waals surface area contributed by atoms with Crippen molar-refractivity contribution in [3.8, 4) is 0 Å². The predicted octanol–water partition coefficient (Wildman–Crippen LogP) is 0.899. The molecule has 3 nitrogen and oxygen atoms in total. The molecule has 0 aromatic heterocycles. The number of carbonyl (C=O) groups is 1. The predicted molar refractivity (Wildman–Crippen MR) is 47.6 cm³/mol. The third-order valence-corrected chi connectivity index (χ3v) is 2.10. The molecule has 0 saturated carbocycles. The highest BCUT2D eigenvalue weighted by Crippen LogP contribution is 2.09. The van der Waals surface area contributed by atoms with Crippen molar-refractivity contribution in [2.75, 3.05) is 6.54 Å². The van der Waals surface area contributed by atoms with Gasteiger partial charge in [-0.2, -0.15) is 0 Å². The minimum Gasteiger partial charge on any atom is -0.481 e. The summed E-state index contributed by atoms with van der Waals surface area (Å²) in [6.07, 6.45) is 5.38. The van der Waals surface area contributed by atoms with Crippen molar-refractivity contribution in [2.24, 2.45) is 5.92 Å². The summed E-state index contributed by atoms with van der Waals surface area (Å²) < 4.78 is 0. The van der Waals surface area contributed by atoms with Crippen LogP contribution in [0.5, 0.6) is 0 Å². The molecule has 0 amide bonds. The molecule has 1 atom stereocenters. The van der Waals surface area contributed by atoms with Crippen molar-refractivity contribution >= 4 is 5.97 Å². The van der Waals surface area contributed by atoms with E-state index in [0.717, 1.165) is 19.3 Å². The quantitative estimate of drug-likeness (QED) is 0.563. The highest BCUT2D eigenvalue weighted by atomic mass is 16.4. The van der Waals surface area contributed by atoms with Crippen molar-refractivity contribution < 1.29 is 15.6 Å². The van der Waals surface area contributed by atoms with Crippen LogP contribution in [0.1, 0.15) is 39.0 Å². The maximum atomic E-state index is 10.6. The van der Waals surface area contributed by atoms with E-state index in [-0.39, 0.29) is 5.92 Å². The maximum absolute atomic E-state index is 10.6. The number of unbranched alkanes of at least 4 members (excludes halogenated alkanes) is 3. The summed E-state index contributed by atoms with van der Waals surface area (Å²) >= 11 is 0. The zero-order valence-corrected chi connectivity index (χ0v) is 7.88. The van der Waals surface area contributed by atoms with E-state index in [0.29, 0.717) is 6.54 Å². The number of rotatable bonds is 7. The molecule has 0 fully saturated rings. The molecule has 0 saturated heterocycles. The molecule has 0 spiro atoms. The van der Waals surface area contributed by atoms with Gasteiger partial charge in [0, 0.05) is 0 Å². The van der Waals surface area contributed by atoms with Crippen molar-refractivity contribution in [3.05, 3.63) is 0 Å². The third-order valence-electron chi connectivity index (χ3n) is 2.10. The van der Waals surface area contributed by atoms with Crippen molar-refractivity contribution in [1.82, 2.24) is 0 Å². The highest BCUT2D eigenvalue weighted by Gasteiger charge is 2.16. The SMILES string of the molecule is CCCCCCC(C[NH3+])C(=O)O. The van der Waals surface area contributed by atoms with Gasteiger partial charge in [-0.1, -0.05) is 32.6 Å². The normalized spacial score (nSPS) is 12.8. The Hall–Kier alpha value is -0.570. The fraction of sp³-hybridized carbons (Fsp3) is 0.889. The third kappa shape index (κ3) is 5.13. The van der Waals surface area contributed by atoms with E-state index < -0.39 is 5.97 Å². The molecule has 1 unspecified atom stereocenters. The maximum Gasteiger partial charge on any atom is 0.312 e. The monoisotopic (exact) mass is 174 g/mol. The van der Waals surface area contributed by atoms with Crippen LogP contribution in [-0.2, 0) is 4.79 Å². The molecular weight excluding hydrogens is 154 g/mol. The molecule has 0 aliphatic carbocycles. The van der Waals surface area contributed by atoms with Crippen LogP contribution < -0.4 is 5.73 Å². The summed E-state index contributed by atoms with van der Waals surface area (Å²) in [5.74, 6) is -0.914. The van der Waals surface area contributed by atoms with Gasteiger partial charge in [0.25, 0.3) is 0 Å². The largest absolute Gasteiger partial charge is 0.481 e. The minimum atomic E-state index is -0.693. The van der Waals surface area contributed by atoms with Gasteiger partial charge in [-0.25, -0.2) is 0 Å². The van der Waals surface area contributed by atoms with Crippen molar-refractivity contribution in [2.45, 2.75) is 39.0 Å². The fourth-order valence-corrected chi connectivity index (χ4v) is 1.21. The molecule has 3 heteroatoms. The zero-order chi connectivity index (χ0) is 9.40. The number of hydrogen-bond acceptors (Lipinski definition) is 1. The standard InChI is InChI=1S/C9H19NO2/c1-2-3-4-5-6-8(7-10)9(11)12/h8H,2-7,10H2,1H3,(H,11,12)/p+1. The van der Waals surface area contributed by atoms with E-state index in [1.807, 2.05) is 0 Å². The average molecular weight is 174 g/mol. The summed E-state index contributed by atoms with van der Waals surface area (Å²) in [4.78, 5) is 10.6. The molecule has 0 heterocycles. The summed E-state index contributed by atoms with van der Waals surface area (Å²) in [6, 6.07) is 0. The lowest BCUT2D eigenvalue weighted by Crippen LogP contribution is -2.55. The van der Waals surface area contributed by atoms with Crippen LogP contribution in [0.3, 0.4) is 0 Å². The Morgan fingerprint density at radius 2 is 2.08 bits per heavy atom. The van der Waals surface area contributed by atoms with E-state index in [2.05, 4.69) is 12.7 Å². The van der Waals surface area contributed by atoms with Gasteiger partial charge in [-0.15, -0.1) is 0 Å². The first-order valence-corrected chi connectivity index (χ1v) is 4.74. The van der Waals surface area contributed by atoms with Gasteiger partial charge in [0.2, 0.25) is 0 Å². The molecule has 0 bridgehead atoms. The van der Waals surface area contributed by atoms with Crippen LogP contribution >= 0.6 is 0 Å². The van der Waals surface area contributed by atoms with Crippen molar-refractivity contribution in [3.63, 3.8) is 0 Å². The second-order valence-corrected chi connectivity index (χ2v) is 3.17. The summed E-state index contributed by atoms with van der Waals surface area (Å²) in [7, 11) is 0. The number of carboxylic acids is 1. The van der Waals surface area contributed by atoms with Gasteiger partial charge in [-0.05, 0) is 6.42 Å². The first-order valence-electron chi connectivity index (χ1n) is 4.74. The topological polar surface area (TPSA) is 64.9 Å². The van der Waals surface area contributed by atoms with E-state index in [4.69, 9.17) is 5.11 Å². The number of aliphatic carboxylic acids is 1. The Bertz CT molecular complexity index is 126. The Morgan fingerprint density at radius 1 is 1.42 bits per heavy atom. The lowest BCUT2D eigenvalue weighted by molar-refractivity contribution is -0.377. The Labute approximate surface area is 74.0 Å². The highest BCUT2D eigenvalue weighted by molar-refractivity contribution is 5.69. The second-order valence-electron chi connectivity index (χ2n) is 3.17. The van der Waals surface area contributed by atoms with Crippen LogP contribution in [-0.4, -0.2) is 17.6 Å². The molecular formula is C9H20NO2+. The van der Waals surface area contributed by atoms with E-state index in [1.165, 1.54) is 12.8 Å². The number of carboxylic acid groups (broad SMARTS) is 1. The fourth-order valence-electron chi connectivity index (χ4n) is 1.21. The van der Waals surface area contributed by atoms with Gasteiger partial charge in [-0.3, -0.25) is 4.79 Å². The van der Waals surface area contributed by atoms with E-state index in [1.54, 1.807) is 0 Å². The van der Waals surface area contributed by atoms with E-state index >= 15 is 0 Å². The Kier molecular flexibility index (Phi) is 6.76. The molecule has 4 N–H and O–H groups in total. The minimum absolute atomic E-state index is 0.221.